The summed E-state index contributed by atoms with van der Waals surface area (Å²) >= 11 is 0. The van der Waals surface area contributed by atoms with Crippen molar-refractivity contribution in [2.75, 3.05) is 13.2 Å². The first-order valence-corrected chi connectivity index (χ1v) is 12.4. The minimum Gasteiger partial charge on any atom is -0.394 e. The van der Waals surface area contributed by atoms with Gasteiger partial charge >= 0.3 is 8.56 Å². The van der Waals surface area contributed by atoms with Gasteiger partial charge in [0.2, 0.25) is 0 Å². The van der Waals surface area contributed by atoms with Crippen molar-refractivity contribution in [2.24, 2.45) is 11.8 Å². The smallest absolute Gasteiger partial charge is 0.344 e. The van der Waals surface area contributed by atoms with E-state index in [-0.39, 0.29) is 0 Å². The topological polar surface area (TPSA) is 18.5 Å². The van der Waals surface area contributed by atoms with Crippen LogP contribution in [0.25, 0.3) is 0 Å². The van der Waals surface area contributed by atoms with Gasteiger partial charge in [0.1, 0.15) is 0 Å². The van der Waals surface area contributed by atoms with Crippen LogP contribution in [0.1, 0.15) is 91.9 Å². The first kappa shape index (κ1) is 19.5. The summed E-state index contributed by atoms with van der Waals surface area (Å²) in [4.78, 5) is 0. The van der Waals surface area contributed by atoms with Crippen molar-refractivity contribution in [3.63, 3.8) is 0 Å². The number of hydrogen-bond acceptors (Lipinski definition) is 2. The highest BCUT2D eigenvalue weighted by Gasteiger charge is 2.53. The summed E-state index contributed by atoms with van der Waals surface area (Å²) in [7, 11) is -2.09. The Kier molecular flexibility index (Phi) is 8.10. The lowest BCUT2D eigenvalue weighted by molar-refractivity contribution is 0.128. The van der Waals surface area contributed by atoms with E-state index in [4.69, 9.17) is 8.85 Å². The van der Waals surface area contributed by atoms with Crippen LogP contribution >= 0.6 is 0 Å². The number of rotatable bonds is 8. The molecule has 2 rings (SSSR count). The lowest BCUT2D eigenvalue weighted by Gasteiger charge is -2.46. The van der Waals surface area contributed by atoms with E-state index < -0.39 is 8.56 Å². The van der Waals surface area contributed by atoms with Gasteiger partial charge in [-0.15, -0.1) is 0 Å². The Morgan fingerprint density at radius 2 is 1.00 bits per heavy atom. The summed E-state index contributed by atoms with van der Waals surface area (Å²) in [5.74, 6) is 1.81. The fraction of sp³-hybridized carbons (Fsp3) is 1.00. The van der Waals surface area contributed by atoms with Gasteiger partial charge in [0.15, 0.2) is 0 Å². The molecule has 0 aromatic heterocycles. The van der Waals surface area contributed by atoms with Crippen molar-refractivity contribution < 1.29 is 8.85 Å². The third-order valence-corrected chi connectivity index (χ3v) is 11.0. The van der Waals surface area contributed by atoms with Crippen molar-refractivity contribution in [3.05, 3.63) is 0 Å². The molecule has 0 spiro atoms. The average Bonchev–Trinajstić information content (AvgIpc) is 2.57. The minimum atomic E-state index is -2.09. The van der Waals surface area contributed by atoms with E-state index in [2.05, 4.69) is 27.7 Å². The summed E-state index contributed by atoms with van der Waals surface area (Å²) in [5.41, 5.74) is 1.49. The molecule has 0 atom stereocenters. The molecule has 136 valence electrons. The standard InChI is InChI=1S/C20H40O2Si/c1-5-15-21-23(22-16-6-2,19-11-7-17(3)8-12-19)20-13-9-18(4)10-14-20/h17-20H,5-16H2,1-4H3. The van der Waals surface area contributed by atoms with E-state index in [0.717, 1.165) is 49.0 Å². The molecule has 2 fully saturated rings. The van der Waals surface area contributed by atoms with Crippen molar-refractivity contribution in [2.45, 2.75) is 103 Å². The summed E-state index contributed by atoms with van der Waals surface area (Å²) in [6.07, 6.45) is 13.2. The molecule has 0 radical (unpaired) electrons. The van der Waals surface area contributed by atoms with Gasteiger partial charge in [-0.2, -0.15) is 0 Å². The van der Waals surface area contributed by atoms with Crippen LogP contribution in [0.15, 0.2) is 0 Å². The monoisotopic (exact) mass is 340 g/mol. The van der Waals surface area contributed by atoms with Gasteiger partial charge < -0.3 is 8.85 Å². The molecule has 23 heavy (non-hydrogen) atoms. The predicted octanol–water partition coefficient (Wildman–Crippen LogP) is 6.44. The molecule has 0 saturated heterocycles. The molecule has 0 aromatic carbocycles. The van der Waals surface area contributed by atoms with Gasteiger partial charge in [0.05, 0.1) is 0 Å². The summed E-state index contributed by atoms with van der Waals surface area (Å²) < 4.78 is 13.5. The SMILES string of the molecule is CCCO[Si](OCCC)(C1CCC(C)CC1)C1CCC(C)CC1. The summed E-state index contributed by atoms with van der Waals surface area (Å²) in [6.45, 7) is 11.1. The molecular weight excluding hydrogens is 300 g/mol. The van der Waals surface area contributed by atoms with Gasteiger partial charge in [0.25, 0.3) is 0 Å². The molecule has 0 heterocycles. The van der Waals surface area contributed by atoms with E-state index in [1.165, 1.54) is 51.4 Å². The Balaban J connectivity index is 2.17. The second-order valence-corrected chi connectivity index (χ2v) is 12.0. The molecule has 0 unspecified atom stereocenters. The molecule has 0 bridgehead atoms. The van der Waals surface area contributed by atoms with E-state index in [9.17, 15) is 0 Å². The fourth-order valence-corrected chi connectivity index (χ4v) is 9.71. The van der Waals surface area contributed by atoms with Gasteiger partial charge in [-0.05, 0) is 50.4 Å². The van der Waals surface area contributed by atoms with Crippen LogP contribution < -0.4 is 0 Å². The van der Waals surface area contributed by atoms with E-state index in [1.54, 1.807) is 0 Å². The zero-order valence-electron chi connectivity index (χ0n) is 16.1. The van der Waals surface area contributed by atoms with E-state index in [0.29, 0.717) is 0 Å². The van der Waals surface area contributed by atoms with Crippen LogP contribution in [0, 0.1) is 11.8 Å². The lowest BCUT2D eigenvalue weighted by Crippen LogP contribution is -2.53. The molecule has 0 N–H and O–H groups in total. The molecule has 2 aliphatic rings. The van der Waals surface area contributed by atoms with Crippen LogP contribution in [0.3, 0.4) is 0 Å². The molecular formula is C20H40O2Si. The Labute approximate surface area is 146 Å². The first-order valence-electron chi connectivity index (χ1n) is 10.4. The zero-order valence-corrected chi connectivity index (χ0v) is 17.1. The fourth-order valence-electron chi connectivity index (χ4n) is 4.69. The molecule has 2 aliphatic carbocycles. The van der Waals surface area contributed by atoms with Crippen molar-refractivity contribution in [3.8, 4) is 0 Å². The van der Waals surface area contributed by atoms with Gasteiger partial charge in [0, 0.05) is 24.3 Å². The van der Waals surface area contributed by atoms with Gasteiger partial charge in [-0.3, -0.25) is 0 Å². The van der Waals surface area contributed by atoms with Crippen LogP contribution in [-0.2, 0) is 8.85 Å². The largest absolute Gasteiger partial charge is 0.394 e. The summed E-state index contributed by atoms with van der Waals surface area (Å²) in [6, 6.07) is 0. The van der Waals surface area contributed by atoms with Gasteiger partial charge in [-0.25, -0.2) is 0 Å². The maximum absolute atomic E-state index is 6.75. The molecule has 0 aromatic rings. The van der Waals surface area contributed by atoms with Crippen molar-refractivity contribution in [1.29, 1.82) is 0 Å². The third-order valence-electron chi connectivity index (χ3n) is 6.23. The molecule has 2 nitrogen and oxygen atoms in total. The Bertz CT molecular complexity index is 286. The van der Waals surface area contributed by atoms with Crippen LogP contribution in [-0.4, -0.2) is 21.8 Å². The third kappa shape index (κ3) is 5.06. The Hall–Kier alpha value is 0.137. The second kappa shape index (κ2) is 9.58. The van der Waals surface area contributed by atoms with Crippen LogP contribution in [0.5, 0.6) is 0 Å². The molecule has 0 amide bonds. The molecule has 2 saturated carbocycles. The second-order valence-electron chi connectivity index (χ2n) is 8.33. The van der Waals surface area contributed by atoms with Crippen molar-refractivity contribution >= 4 is 8.56 Å². The number of hydrogen-bond donors (Lipinski definition) is 0. The zero-order chi connectivity index (χ0) is 16.7. The Morgan fingerprint density at radius 3 is 1.30 bits per heavy atom. The van der Waals surface area contributed by atoms with E-state index >= 15 is 0 Å². The molecule has 3 heteroatoms. The van der Waals surface area contributed by atoms with Crippen molar-refractivity contribution in [1.82, 2.24) is 0 Å². The van der Waals surface area contributed by atoms with Crippen LogP contribution in [0.4, 0.5) is 0 Å². The van der Waals surface area contributed by atoms with E-state index in [1.807, 2.05) is 0 Å². The maximum atomic E-state index is 6.75. The van der Waals surface area contributed by atoms with Crippen LogP contribution in [0.2, 0.25) is 11.1 Å². The molecule has 0 aliphatic heterocycles. The highest BCUT2D eigenvalue weighted by molar-refractivity contribution is 6.70. The highest BCUT2D eigenvalue weighted by atomic mass is 28.4. The Morgan fingerprint density at radius 1 is 0.652 bits per heavy atom. The average molecular weight is 341 g/mol. The maximum Gasteiger partial charge on any atom is 0.344 e. The lowest BCUT2D eigenvalue weighted by atomic mass is 9.90. The normalized spacial score (nSPS) is 32.9. The minimum absolute atomic E-state index is 0.746. The summed E-state index contributed by atoms with van der Waals surface area (Å²) in [5, 5.41) is 0. The quantitative estimate of drug-likeness (QED) is 0.473. The highest BCUT2D eigenvalue weighted by Crippen LogP contribution is 2.50. The van der Waals surface area contributed by atoms with Gasteiger partial charge in [-0.1, -0.05) is 53.4 Å². The first-order chi connectivity index (χ1) is 11.1. The predicted molar refractivity (Wildman–Crippen MR) is 101 cm³/mol.